The van der Waals surface area contributed by atoms with Crippen molar-refractivity contribution >= 4 is 28.5 Å². The Morgan fingerprint density at radius 3 is 2.73 bits per heavy atom. The van der Waals surface area contributed by atoms with Crippen LogP contribution >= 0.6 is 0 Å². The number of aromatic amines is 1. The summed E-state index contributed by atoms with van der Waals surface area (Å²) in [5.41, 5.74) is 3.16. The number of carboxylic acid groups (broad SMARTS) is 1. The van der Waals surface area contributed by atoms with Gasteiger partial charge in [-0.1, -0.05) is 48.9 Å². The summed E-state index contributed by atoms with van der Waals surface area (Å²) in [7, 11) is 0. The first-order valence-corrected chi connectivity index (χ1v) is 14.9. The molecule has 4 N–H and O–H groups in total. The van der Waals surface area contributed by atoms with Crippen molar-refractivity contribution in [3.05, 3.63) is 59.8 Å². The third-order valence-electron chi connectivity index (χ3n) is 11.2. The third kappa shape index (κ3) is 4.70. The normalized spacial score (nSPS) is 35.8. The first-order chi connectivity index (χ1) is 19.5. The summed E-state index contributed by atoms with van der Waals surface area (Å²) in [5.74, 6) is 0.0834. The molecule has 218 valence electrons. The van der Waals surface area contributed by atoms with Crippen molar-refractivity contribution in [3.8, 4) is 0 Å². The minimum atomic E-state index is -1.10. The minimum absolute atomic E-state index is 0.000224. The van der Waals surface area contributed by atoms with Gasteiger partial charge in [0.25, 0.3) is 5.91 Å². The molecule has 3 saturated carbocycles. The van der Waals surface area contributed by atoms with Crippen molar-refractivity contribution in [1.82, 2.24) is 10.3 Å². The van der Waals surface area contributed by atoms with Crippen molar-refractivity contribution in [3.63, 3.8) is 0 Å². The largest absolute Gasteiger partial charge is 0.480 e. The molecule has 4 aliphatic rings. The standard InChI is InChI=1S/C33H41N3O5/c1-31-13-10-22(17-21(31)8-9-24-25(31)11-14-32(2)26(24)12-15-33(32,3)40)36-41-19-29(37)35-28(30(38)39)16-20-18-34-27-7-5-4-6-23(20)27/h4-7,10,13,17-18,24-26,28,34,40H,8-9,11-12,14-16,19H2,1-3H3,(H,35,37)(H,38,39)/b36-22+/t24-,25+,26+,28+,31+,32+,33+/m1/s1. The van der Waals surface area contributed by atoms with Crippen LogP contribution in [0.4, 0.5) is 0 Å². The van der Waals surface area contributed by atoms with E-state index in [0.29, 0.717) is 23.5 Å². The van der Waals surface area contributed by atoms with Gasteiger partial charge in [-0.05, 0) is 92.4 Å². The summed E-state index contributed by atoms with van der Waals surface area (Å²) >= 11 is 0. The highest BCUT2D eigenvalue weighted by Crippen LogP contribution is 2.66. The van der Waals surface area contributed by atoms with Gasteiger partial charge in [0.1, 0.15) is 11.8 Å². The zero-order valence-electron chi connectivity index (χ0n) is 24.2. The van der Waals surface area contributed by atoms with Gasteiger partial charge in [-0.3, -0.25) is 4.79 Å². The smallest absolute Gasteiger partial charge is 0.326 e. The van der Waals surface area contributed by atoms with Crippen molar-refractivity contribution in [2.45, 2.75) is 77.4 Å². The predicted octanol–water partition coefficient (Wildman–Crippen LogP) is 5.14. The second-order valence-corrected chi connectivity index (χ2v) is 13.3. The molecule has 0 spiro atoms. The molecule has 0 aliphatic heterocycles. The second kappa shape index (κ2) is 10.2. The number of oxime groups is 1. The van der Waals surface area contributed by atoms with E-state index in [2.05, 4.69) is 41.5 Å². The van der Waals surface area contributed by atoms with Crippen molar-refractivity contribution in [2.24, 2.45) is 33.7 Å². The maximum Gasteiger partial charge on any atom is 0.326 e. The van der Waals surface area contributed by atoms with E-state index in [1.54, 1.807) is 6.20 Å². The lowest BCUT2D eigenvalue weighted by Crippen LogP contribution is -2.53. The van der Waals surface area contributed by atoms with Crippen LogP contribution in [0.5, 0.6) is 0 Å². The van der Waals surface area contributed by atoms with E-state index in [1.807, 2.05) is 37.3 Å². The van der Waals surface area contributed by atoms with Gasteiger partial charge in [-0.2, -0.15) is 0 Å². The Kier molecular flexibility index (Phi) is 6.88. The van der Waals surface area contributed by atoms with Gasteiger partial charge in [-0.15, -0.1) is 0 Å². The monoisotopic (exact) mass is 559 g/mol. The number of nitrogens with zero attached hydrogens (tertiary/aromatic N) is 1. The fourth-order valence-electron chi connectivity index (χ4n) is 8.63. The summed E-state index contributed by atoms with van der Waals surface area (Å²) in [4.78, 5) is 33.0. The Balaban J connectivity index is 1.07. The second-order valence-electron chi connectivity index (χ2n) is 13.3. The highest BCUT2D eigenvalue weighted by molar-refractivity contribution is 6.05. The van der Waals surface area contributed by atoms with Gasteiger partial charge in [0, 0.05) is 28.9 Å². The first kappa shape index (κ1) is 27.8. The van der Waals surface area contributed by atoms with E-state index in [-0.39, 0.29) is 23.9 Å². The number of rotatable bonds is 7. The molecule has 0 radical (unpaired) electrons. The molecule has 1 amide bonds. The number of allylic oxidation sites excluding steroid dienone is 4. The van der Waals surface area contributed by atoms with Crippen LogP contribution in [-0.2, 0) is 20.8 Å². The fourth-order valence-corrected chi connectivity index (χ4v) is 8.63. The van der Waals surface area contributed by atoms with Gasteiger partial charge in [0.15, 0.2) is 6.61 Å². The van der Waals surface area contributed by atoms with Gasteiger partial charge in [0.05, 0.1) is 5.60 Å². The Hall–Kier alpha value is -3.39. The number of benzene rings is 1. The summed E-state index contributed by atoms with van der Waals surface area (Å²) in [6.07, 6.45) is 14.6. The van der Waals surface area contributed by atoms with Crippen molar-refractivity contribution < 1.29 is 24.6 Å². The molecule has 1 aromatic heterocycles. The van der Waals surface area contributed by atoms with E-state index in [0.717, 1.165) is 55.0 Å². The average Bonchev–Trinajstić information content (AvgIpc) is 3.45. The molecule has 0 saturated heterocycles. The molecule has 1 heterocycles. The lowest BCUT2D eigenvalue weighted by molar-refractivity contribution is -0.142. The predicted molar refractivity (Wildman–Crippen MR) is 157 cm³/mol. The number of aromatic nitrogens is 1. The maximum absolute atomic E-state index is 12.6. The summed E-state index contributed by atoms with van der Waals surface area (Å²) in [6, 6.07) is 6.58. The van der Waals surface area contributed by atoms with Crippen LogP contribution in [0.25, 0.3) is 10.9 Å². The van der Waals surface area contributed by atoms with Crippen LogP contribution in [0.1, 0.15) is 64.9 Å². The molecular formula is C33H41N3O5. The summed E-state index contributed by atoms with van der Waals surface area (Å²) in [6.45, 7) is 6.33. The molecule has 2 aromatic rings. The molecule has 0 bridgehead atoms. The molecular weight excluding hydrogens is 518 g/mol. The molecule has 0 unspecified atom stereocenters. The van der Waals surface area contributed by atoms with E-state index >= 15 is 0 Å². The number of aliphatic carboxylic acids is 1. The van der Waals surface area contributed by atoms with Crippen LogP contribution in [0.3, 0.4) is 0 Å². The number of fused-ring (bicyclic) bond motifs is 6. The molecule has 1 aromatic carbocycles. The van der Waals surface area contributed by atoms with Crippen LogP contribution in [-0.4, -0.2) is 51.0 Å². The van der Waals surface area contributed by atoms with E-state index in [1.165, 1.54) is 5.57 Å². The van der Waals surface area contributed by atoms with Crippen LogP contribution in [0, 0.1) is 28.6 Å². The number of hydrogen-bond donors (Lipinski definition) is 4. The van der Waals surface area contributed by atoms with Gasteiger partial charge >= 0.3 is 5.97 Å². The molecule has 4 aliphatic carbocycles. The number of para-hydroxylation sites is 1. The maximum atomic E-state index is 12.6. The molecule has 8 heteroatoms. The van der Waals surface area contributed by atoms with E-state index < -0.39 is 23.5 Å². The van der Waals surface area contributed by atoms with Gasteiger partial charge in [0.2, 0.25) is 0 Å². The van der Waals surface area contributed by atoms with Gasteiger partial charge in [-0.25, -0.2) is 4.79 Å². The van der Waals surface area contributed by atoms with Crippen molar-refractivity contribution in [1.29, 1.82) is 0 Å². The molecule has 3 fully saturated rings. The Morgan fingerprint density at radius 2 is 1.93 bits per heavy atom. The average molecular weight is 560 g/mol. The number of aliphatic hydroxyl groups is 1. The number of H-pyrrole nitrogens is 1. The number of carbonyl (C=O) groups is 2. The zero-order chi connectivity index (χ0) is 29.0. The van der Waals surface area contributed by atoms with Crippen LogP contribution in [0.15, 0.2) is 59.4 Å². The molecule has 6 rings (SSSR count). The highest BCUT2D eigenvalue weighted by Gasteiger charge is 2.62. The number of amides is 1. The summed E-state index contributed by atoms with van der Waals surface area (Å²) in [5, 5.41) is 28.6. The van der Waals surface area contributed by atoms with Crippen molar-refractivity contribution in [2.75, 3.05) is 6.61 Å². The number of hydrogen-bond acceptors (Lipinski definition) is 5. The fraction of sp³-hybridized carbons (Fsp3) is 0.545. The van der Waals surface area contributed by atoms with Gasteiger partial charge < -0.3 is 25.4 Å². The Labute approximate surface area is 240 Å². The number of carbonyl (C=O) groups excluding carboxylic acids is 1. The quantitative estimate of drug-likeness (QED) is 0.350. The SMILES string of the molecule is C[C@]12C=C/C(=N\OCC(=O)N[C@@H](Cc3c[nH]c4ccccc34)C(=O)O)C=C1CC[C@@H]1[C@@H]2CC[C@@]2(C)[C@H]1CC[C@]2(C)O. The summed E-state index contributed by atoms with van der Waals surface area (Å²) < 4.78 is 0. The lowest BCUT2D eigenvalue weighted by Gasteiger charge is -2.58. The van der Waals surface area contributed by atoms with E-state index in [4.69, 9.17) is 4.84 Å². The lowest BCUT2D eigenvalue weighted by atomic mass is 9.47. The van der Waals surface area contributed by atoms with Crippen LogP contribution < -0.4 is 5.32 Å². The minimum Gasteiger partial charge on any atom is -0.480 e. The molecule has 41 heavy (non-hydrogen) atoms. The van der Waals surface area contributed by atoms with Crippen LogP contribution in [0.2, 0.25) is 0 Å². The Bertz CT molecular complexity index is 1450. The first-order valence-electron chi connectivity index (χ1n) is 14.9. The number of nitrogens with one attached hydrogen (secondary N) is 2. The highest BCUT2D eigenvalue weighted by atomic mass is 16.6. The number of carboxylic acids is 1. The molecule has 7 atom stereocenters. The zero-order valence-corrected chi connectivity index (χ0v) is 24.2. The third-order valence-corrected chi connectivity index (χ3v) is 11.2. The molecule has 8 nitrogen and oxygen atoms in total. The Morgan fingerprint density at radius 1 is 1.15 bits per heavy atom. The van der Waals surface area contributed by atoms with E-state index in [9.17, 15) is 19.8 Å². The topological polar surface area (TPSA) is 124 Å².